The minimum Gasteiger partial charge on any atom is -0.348 e. The van der Waals surface area contributed by atoms with Crippen LogP contribution >= 0.6 is 0 Å². The fourth-order valence-electron chi connectivity index (χ4n) is 3.35. The highest BCUT2D eigenvalue weighted by atomic mass is 32.2. The van der Waals surface area contributed by atoms with Crippen molar-refractivity contribution in [3.63, 3.8) is 0 Å². The summed E-state index contributed by atoms with van der Waals surface area (Å²) in [6.07, 6.45) is 0.649. The number of carbonyl (C=O) groups excluding carboxylic acids is 1. The molecular formula is C25H27FN2O3S. The molecule has 0 aliphatic heterocycles. The molecule has 7 heteroatoms. The van der Waals surface area contributed by atoms with Crippen molar-refractivity contribution in [3.05, 3.63) is 95.3 Å². The van der Waals surface area contributed by atoms with Gasteiger partial charge in [-0.05, 0) is 62.2 Å². The molecule has 5 nitrogen and oxygen atoms in total. The van der Waals surface area contributed by atoms with Gasteiger partial charge in [0.15, 0.2) is 0 Å². The molecule has 0 aliphatic carbocycles. The highest BCUT2D eigenvalue weighted by molar-refractivity contribution is 7.92. The Hall–Kier alpha value is -3.19. The second kappa shape index (κ2) is 9.96. The van der Waals surface area contributed by atoms with E-state index in [1.54, 1.807) is 12.1 Å². The molecule has 3 aromatic rings. The van der Waals surface area contributed by atoms with Gasteiger partial charge in [-0.1, -0.05) is 54.4 Å². The molecule has 0 spiro atoms. The Kier molecular flexibility index (Phi) is 7.30. The van der Waals surface area contributed by atoms with Crippen LogP contribution in [0.1, 0.15) is 36.1 Å². The number of halogens is 1. The van der Waals surface area contributed by atoms with Crippen LogP contribution < -0.4 is 9.62 Å². The first-order valence-corrected chi connectivity index (χ1v) is 11.9. The Morgan fingerprint density at radius 2 is 1.44 bits per heavy atom. The van der Waals surface area contributed by atoms with E-state index in [1.165, 1.54) is 36.4 Å². The zero-order chi connectivity index (χ0) is 23.3. The average molecular weight is 455 g/mol. The Morgan fingerprint density at radius 3 is 1.97 bits per heavy atom. The number of rotatable bonds is 8. The Bertz CT molecular complexity index is 1160. The van der Waals surface area contributed by atoms with E-state index in [0.29, 0.717) is 6.42 Å². The van der Waals surface area contributed by atoms with Crippen molar-refractivity contribution >= 4 is 21.6 Å². The van der Waals surface area contributed by atoms with Crippen molar-refractivity contribution in [2.75, 3.05) is 10.8 Å². The van der Waals surface area contributed by atoms with Gasteiger partial charge in [-0.15, -0.1) is 0 Å². The zero-order valence-corrected chi connectivity index (χ0v) is 19.2. The SMILES string of the molecule is CC[C@H](NC(=O)CN(c1ccc(F)cc1)S(=O)(=O)c1ccc(C)cc1)c1ccc(C)cc1. The summed E-state index contributed by atoms with van der Waals surface area (Å²) < 4.78 is 41.2. The number of amides is 1. The molecule has 0 fully saturated rings. The molecule has 3 aromatic carbocycles. The number of carbonyl (C=O) groups is 1. The number of aryl methyl sites for hydroxylation is 2. The topological polar surface area (TPSA) is 66.5 Å². The van der Waals surface area contributed by atoms with Crippen LogP contribution in [0.15, 0.2) is 77.7 Å². The third-order valence-electron chi connectivity index (χ3n) is 5.23. The van der Waals surface area contributed by atoms with Gasteiger partial charge in [0, 0.05) is 0 Å². The van der Waals surface area contributed by atoms with Crippen LogP contribution in [0.5, 0.6) is 0 Å². The quantitative estimate of drug-likeness (QED) is 0.526. The van der Waals surface area contributed by atoms with Crippen LogP contribution in [0, 0.1) is 19.7 Å². The Labute approximate surface area is 188 Å². The molecule has 3 rings (SSSR count). The van der Waals surface area contributed by atoms with Crippen LogP contribution in [0.25, 0.3) is 0 Å². The maximum Gasteiger partial charge on any atom is 0.264 e. The van der Waals surface area contributed by atoms with Gasteiger partial charge in [-0.3, -0.25) is 9.10 Å². The summed E-state index contributed by atoms with van der Waals surface area (Å²) in [7, 11) is -4.04. The summed E-state index contributed by atoms with van der Waals surface area (Å²) in [6, 6.07) is 19.0. The Balaban J connectivity index is 1.89. The summed E-state index contributed by atoms with van der Waals surface area (Å²) in [5, 5.41) is 2.93. The smallest absolute Gasteiger partial charge is 0.264 e. The molecule has 0 bridgehead atoms. The first-order valence-electron chi connectivity index (χ1n) is 10.4. The second-order valence-corrected chi connectivity index (χ2v) is 9.60. The van der Waals surface area contributed by atoms with Crippen molar-refractivity contribution in [1.29, 1.82) is 0 Å². The monoisotopic (exact) mass is 454 g/mol. The fraction of sp³-hybridized carbons (Fsp3) is 0.240. The number of hydrogen-bond acceptors (Lipinski definition) is 3. The van der Waals surface area contributed by atoms with E-state index in [0.717, 1.165) is 21.0 Å². The first kappa shape index (κ1) is 23.5. The highest BCUT2D eigenvalue weighted by Gasteiger charge is 2.28. The molecule has 168 valence electrons. The van der Waals surface area contributed by atoms with E-state index < -0.39 is 28.3 Å². The van der Waals surface area contributed by atoms with Crippen molar-refractivity contribution in [3.8, 4) is 0 Å². The molecule has 0 saturated carbocycles. The summed E-state index contributed by atoms with van der Waals surface area (Å²) in [5.41, 5.74) is 3.19. The lowest BCUT2D eigenvalue weighted by Gasteiger charge is -2.26. The van der Waals surface area contributed by atoms with Gasteiger partial charge in [-0.2, -0.15) is 0 Å². The fourth-order valence-corrected chi connectivity index (χ4v) is 4.77. The normalized spacial score (nSPS) is 12.2. The van der Waals surface area contributed by atoms with Crippen LogP contribution in [-0.2, 0) is 14.8 Å². The predicted molar refractivity (Wildman–Crippen MR) is 124 cm³/mol. The standard InChI is InChI=1S/C25H27FN2O3S/c1-4-24(20-9-5-18(2)6-10-20)27-25(29)17-28(22-13-11-21(26)12-14-22)32(30,31)23-15-7-19(3)8-16-23/h5-16,24H,4,17H2,1-3H3,(H,27,29)/t24-/m0/s1. The lowest BCUT2D eigenvalue weighted by Crippen LogP contribution is -2.42. The van der Waals surface area contributed by atoms with Gasteiger partial charge in [0.25, 0.3) is 10.0 Å². The Morgan fingerprint density at radius 1 is 0.906 bits per heavy atom. The molecule has 0 saturated heterocycles. The summed E-state index contributed by atoms with van der Waals surface area (Å²) in [5.74, 6) is -0.936. The largest absolute Gasteiger partial charge is 0.348 e. The van der Waals surface area contributed by atoms with Gasteiger partial charge in [0.2, 0.25) is 5.91 Å². The van der Waals surface area contributed by atoms with Crippen molar-refractivity contribution < 1.29 is 17.6 Å². The molecule has 0 aromatic heterocycles. The molecule has 32 heavy (non-hydrogen) atoms. The van der Waals surface area contributed by atoms with E-state index >= 15 is 0 Å². The van der Waals surface area contributed by atoms with Crippen molar-refractivity contribution in [2.45, 2.75) is 38.1 Å². The van der Waals surface area contributed by atoms with E-state index in [-0.39, 0.29) is 16.6 Å². The molecule has 1 N–H and O–H groups in total. The predicted octanol–water partition coefficient (Wildman–Crippen LogP) is 4.91. The van der Waals surface area contributed by atoms with Gasteiger partial charge in [0.1, 0.15) is 12.4 Å². The van der Waals surface area contributed by atoms with Crippen molar-refractivity contribution in [1.82, 2.24) is 5.32 Å². The van der Waals surface area contributed by atoms with Crippen LogP contribution in [0.2, 0.25) is 0 Å². The van der Waals surface area contributed by atoms with E-state index in [2.05, 4.69) is 5.32 Å². The third-order valence-corrected chi connectivity index (χ3v) is 7.02. The number of nitrogens with zero attached hydrogens (tertiary/aromatic N) is 1. The number of benzene rings is 3. The van der Waals surface area contributed by atoms with Crippen molar-refractivity contribution in [2.24, 2.45) is 0 Å². The zero-order valence-electron chi connectivity index (χ0n) is 18.4. The average Bonchev–Trinajstić information content (AvgIpc) is 2.77. The number of anilines is 1. The highest BCUT2D eigenvalue weighted by Crippen LogP contribution is 2.25. The molecule has 0 unspecified atom stereocenters. The molecule has 0 aliphatic rings. The number of sulfonamides is 1. The van der Waals surface area contributed by atoms with Gasteiger partial charge in [-0.25, -0.2) is 12.8 Å². The summed E-state index contributed by atoms with van der Waals surface area (Å²) in [4.78, 5) is 13.0. The summed E-state index contributed by atoms with van der Waals surface area (Å²) in [6.45, 7) is 5.37. The first-order chi connectivity index (χ1) is 15.2. The maximum absolute atomic E-state index is 13.5. The third kappa shape index (κ3) is 5.53. The van der Waals surface area contributed by atoms with E-state index in [4.69, 9.17) is 0 Å². The maximum atomic E-state index is 13.5. The van der Waals surface area contributed by atoms with Gasteiger partial charge in [0.05, 0.1) is 16.6 Å². The summed E-state index contributed by atoms with van der Waals surface area (Å²) >= 11 is 0. The molecule has 1 amide bonds. The van der Waals surface area contributed by atoms with Gasteiger partial charge < -0.3 is 5.32 Å². The van der Waals surface area contributed by atoms with Crippen LogP contribution in [0.4, 0.5) is 10.1 Å². The minimum atomic E-state index is -4.04. The number of hydrogen-bond donors (Lipinski definition) is 1. The van der Waals surface area contributed by atoms with E-state index in [1.807, 2.05) is 45.0 Å². The van der Waals surface area contributed by atoms with E-state index in [9.17, 15) is 17.6 Å². The van der Waals surface area contributed by atoms with Crippen LogP contribution in [0.3, 0.4) is 0 Å². The lowest BCUT2D eigenvalue weighted by atomic mass is 10.0. The number of nitrogens with one attached hydrogen (secondary N) is 1. The molecular weight excluding hydrogens is 427 g/mol. The molecule has 0 radical (unpaired) electrons. The van der Waals surface area contributed by atoms with Crippen LogP contribution in [-0.4, -0.2) is 20.9 Å². The minimum absolute atomic E-state index is 0.0609. The van der Waals surface area contributed by atoms with Gasteiger partial charge >= 0.3 is 0 Å². The molecule has 1 atom stereocenters. The molecule has 0 heterocycles. The lowest BCUT2D eigenvalue weighted by molar-refractivity contribution is -0.120. The second-order valence-electron chi connectivity index (χ2n) is 7.74.